The summed E-state index contributed by atoms with van der Waals surface area (Å²) in [5, 5.41) is 0. The molecule has 0 aliphatic heterocycles. The van der Waals surface area contributed by atoms with Crippen molar-refractivity contribution in [2.45, 2.75) is 80.8 Å². The normalized spacial score (nSPS) is 14.4. The molecule has 0 bridgehead atoms. The summed E-state index contributed by atoms with van der Waals surface area (Å²) in [4.78, 5) is -1.87. The SMILES string of the molecule is O=S(=O)([O-])c1ccc(C(CCc2ccc(S(=O)(=O)O)cc2)CC(CC(CCc2ccc(S(=O)(=O)O)cc2)c2ccc(S(=O)(=O)[O-])cc2)c2ccc(S(=O)(=O)O)cc2)cc1. The molecule has 316 valence electrons. The van der Waals surface area contributed by atoms with Crippen LogP contribution in [0.2, 0.25) is 0 Å². The highest BCUT2D eigenvalue weighted by Crippen LogP contribution is 2.41. The van der Waals surface area contributed by atoms with Gasteiger partial charge in [-0.3, -0.25) is 13.7 Å². The lowest BCUT2D eigenvalue weighted by Gasteiger charge is -2.29. The lowest BCUT2D eigenvalue weighted by Crippen LogP contribution is -2.14. The molecule has 0 amide bonds. The maximum Gasteiger partial charge on any atom is 0.294 e. The van der Waals surface area contributed by atoms with Crippen LogP contribution in [0.5, 0.6) is 0 Å². The van der Waals surface area contributed by atoms with Crippen LogP contribution in [-0.4, -0.2) is 64.9 Å². The molecule has 20 heteroatoms. The molecule has 0 saturated heterocycles. The maximum absolute atomic E-state index is 12.0. The lowest BCUT2D eigenvalue weighted by atomic mass is 9.76. The van der Waals surface area contributed by atoms with Gasteiger partial charge in [-0.15, -0.1) is 0 Å². The second kappa shape index (κ2) is 18.1. The fourth-order valence-electron chi connectivity index (χ4n) is 6.96. The monoisotopic (exact) mass is 906 g/mol. The first kappa shape index (κ1) is 45.7. The zero-order valence-electron chi connectivity index (χ0n) is 30.8. The third kappa shape index (κ3) is 12.8. The summed E-state index contributed by atoms with van der Waals surface area (Å²) in [5.41, 5.74) is 3.28. The average molecular weight is 907 g/mol. The molecule has 0 heterocycles. The number of hydrogen-bond donors (Lipinski definition) is 3. The average Bonchev–Trinajstić information content (AvgIpc) is 3.16. The molecule has 0 saturated carbocycles. The highest BCUT2D eigenvalue weighted by atomic mass is 32.2. The van der Waals surface area contributed by atoms with E-state index in [0.29, 0.717) is 66.3 Å². The minimum absolute atomic E-state index is 0.304. The minimum Gasteiger partial charge on any atom is -0.744 e. The predicted molar refractivity (Wildman–Crippen MR) is 212 cm³/mol. The molecule has 5 rings (SSSR count). The second-order valence-electron chi connectivity index (χ2n) is 14.0. The first-order chi connectivity index (χ1) is 27.4. The molecule has 3 N–H and O–H groups in total. The van der Waals surface area contributed by atoms with Crippen molar-refractivity contribution in [3.8, 4) is 0 Å². The van der Waals surface area contributed by atoms with Crippen molar-refractivity contribution in [3.05, 3.63) is 149 Å². The van der Waals surface area contributed by atoms with Crippen LogP contribution in [0.4, 0.5) is 0 Å². The van der Waals surface area contributed by atoms with E-state index in [0.717, 1.165) is 0 Å². The van der Waals surface area contributed by atoms with Gasteiger partial charge in [-0.25, -0.2) is 16.8 Å². The summed E-state index contributed by atoms with van der Waals surface area (Å²) < 4.78 is 170. The van der Waals surface area contributed by atoms with Gasteiger partial charge in [-0.1, -0.05) is 60.7 Å². The first-order valence-corrected chi connectivity index (χ1v) is 24.8. The van der Waals surface area contributed by atoms with Crippen LogP contribution >= 0.6 is 0 Å². The Morgan fingerprint density at radius 1 is 0.356 bits per heavy atom. The van der Waals surface area contributed by atoms with Gasteiger partial charge in [0.25, 0.3) is 30.4 Å². The van der Waals surface area contributed by atoms with E-state index in [4.69, 9.17) is 0 Å². The summed E-state index contributed by atoms with van der Waals surface area (Å²) in [6.45, 7) is 0. The molecule has 2 atom stereocenters. The fraction of sp³-hybridized carbons (Fsp3) is 0.231. The molecule has 59 heavy (non-hydrogen) atoms. The predicted octanol–water partition coefficient (Wildman–Crippen LogP) is 5.93. The van der Waals surface area contributed by atoms with Gasteiger partial charge in [0.1, 0.15) is 20.2 Å². The molecule has 0 radical (unpaired) electrons. The topological polar surface area (TPSA) is 278 Å². The van der Waals surface area contributed by atoms with E-state index in [1.54, 1.807) is 0 Å². The Morgan fingerprint density at radius 2 is 0.593 bits per heavy atom. The van der Waals surface area contributed by atoms with E-state index >= 15 is 0 Å². The van der Waals surface area contributed by atoms with Crippen LogP contribution < -0.4 is 0 Å². The van der Waals surface area contributed by atoms with E-state index in [-0.39, 0.29) is 14.7 Å². The van der Waals surface area contributed by atoms with Crippen LogP contribution in [-0.2, 0) is 63.4 Å². The van der Waals surface area contributed by atoms with Crippen molar-refractivity contribution >= 4 is 50.6 Å². The van der Waals surface area contributed by atoms with Crippen molar-refractivity contribution in [1.29, 1.82) is 0 Å². The van der Waals surface area contributed by atoms with E-state index in [9.17, 15) is 64.9 Å². The molecule has 0 aromatic heterocycles. The Hall–Kier alpha value is -4.35. The van der Waals surface area contributed by atoms with Gasteiger partial charge in [0, 0.05) is 0 Å². The molecular weight excluding hydrogens is 869 g/mol. The standard InChI is InChI=1S/C39H40O15S5/c40-55(41,42)35-15-3-27(4-16-35)1-7-32(29-9-19-37(20-10-29)57(46,47)48)25-34(31-13-23-39(24-14-31)59(52,53)54)26-33(30-11-21-38(22-12-30)58(49,50)51)8-2-28-5-17-36(18-6-28)56(43,44)45/h3-6,9-24,32-34H,1-2,7-8,25-26H2,(H,40,41,42)(H,43,44,45)(H,46,47,48)(H,49,50,51)(H,52,53,54)/p-2. The van der Waals surface area contributed by atoms with Gasteiger partial charge < -0.3 is 9.11 Å². The third-order valence-corrected chi connectivity index (χ3v) is 14.4. The summed E-state index contributed by atoms with van der Waals surface area (Å²) in [5.74, 6) is -1.24. The Bertz CT molecular complexity index is 2650. The van der Waals surface area contributed by atoms with Crippen LogP contribution in [0.1, 0.15) is 71.3 Å². The van der Waals surface area contributed by atoms with Gasteiger partial charge in [-0.05, 0) is 145 Å². The molecule has 5 aromatic rings. The van der Waals surface area contributed by atoms with Crippen LogP contribution in [0, 0.1) is 0 Å². The van der Waals surface area contributed by atoms with E-state index in [1.807, 2.05) is 0 Å². The fourth-order valence-corrected chi connectivity index (χ4v) is 9.34. The van der Waals surface area contributed by atoms with Crippen molar-refractivity contribution in [2.24, 2.45) is 0 Å². The third-order valence-electron chi connectivity index (χ3n) is 10.1. The van der Waals surface area contributed by atoms with Crippen molar-refractivity contribution < 1.29 is 64.9 Å². The summed E-state index contributed by atoms with van der Waals surface area (Å²) in [6.07, 6.45) is 2.11. The highest BCUT2D eigenvalue weighted by molar-refractivity contribution is 7.86. The number of benzene rings is 5. The summed E-state index contributed by atoms with van der Waals surface area (Å²) in [6, 6.07) is 27.4. The van der Waals surface area contributed by atoms with Gasteiger partial charge in [-0.2, -0.15) is 25.3 Å². The molecule has 15 nitrogen and oxygen atoms in total. The first-order valence-electron chi connectivity index (χ1n) is 17.7. The smallest absolute Gasteiger partial charge is 0.294 e. The van der Waals surface area contributed by atoms with E-state index in [1.165, 1.54) is 121 Å². The summed E-state index contributed by atoms with van der Waals surface area (Å²) >= 11 is 0. The Balaban J connectivity index is 1.57. The molecule has 0 fully saturated rings. The zero-order valence-corrected chi connectivity index (χ0v) is 34.9. The minimum atomic E-state index is -4.79. The molecular formula is C39H38O15S5-2. The zero-order chi connectivity index (χ0) is 43.4. The van der Waals surface area contributed by atoms with Gasteiger partial charge >= 0.3 is 0 Å². The maximum atomic E-state index is 12.0. The van der Waals surface area contributed by atoms with Gasteiger partial charge in [0.05, 0.1) is 24.5 Å². The van der Waals surface area contributed by atoms with Crippen LogP contribution in [0.3, 0.4) is 0 Å². The van der Waals surface area contributed by atoms with E-state index < -0.39 is 78.1 Å². The van der Waals surface area contributed by atoms with Crippen molar-refractivity contribution in [3.63, 3.8) is 0 Å². The number of aryl methyl sites for hydroxylation is 2. The molecule has 2 unspecified atom stereocenters. The highest BCUT2D eigenvalue weighted by Gasteiger charge is 2.26. The van der Waals surface area contributed by atoms with Gasteiger partial charge in [0.15, 0.2) is 0 Å². The van der Waals surface area contributed by atoms with Gasteiger partial charge in [0.2, 0.25) is 0 Å². The molecule has 5 aromatic carbocycles. The number of hydrogen-bond acceptors (Lipinski definition) is 12. The van der Waals surface area contributed by atoms with Crippen molar-refractivity contribution in [1.82, 2.24) is 0 Å². The molecule has 0 aliphatic carbocycles. The molecule has 0 spiro atoms. The quantitative estimate of drug-likeness (QED) is 0.0859. The van der Waals surface area contributed by atoms with E-state index in [2.05, 4.69) is 0 Å². The number of rotatable bonds is 18. The largest absolute Gasteiger partial charge is 0.744 e. The van der Waals surface area contributed by atoms with Crippen LogP contribution in [0.25, 0.3) is 0 Å². The van der Waals surface area contributed by atoms with Crippen molar-refractivity contribution in [2.75, 3.05) is 0 Å². The second-order valence-corrected chi connectivity index (χ2v) is 21.0. The Morgan fingerprint density at radius 3 is 0.847 bits per heavy atom. The Kier molecular flexibility index (Phi) is 14.0. The lowest BCUT2D eigenvalue weighted by molar-refractivity contribution is 0.436. The summed E-state index contributed by atoms with van der Waals surface area (Å²) in [7, 11) is -23.0. The van der Waals surface area contributed by atoms with Crippen LogP contribution in [0.15, 0.2) is 146 Å². The Labute approximate surface area is 343 Å². The molecule has 0 aliphatic rings.